The highest BCUT2D eigenvalue weighted by Gasteiger charge is 2.31. The molecule has 0 spiro atoms. The van der Waals surface area contributed by atoms with Crippen LogP contribution in [0.5, 0.6) is 5.75 Å². The van der Waals surface area contributed by atoms with Gasteiger partial charge < -0.3 is 9.47 Å². The number of hydrogen-bond donors (Lipinski definition) is 0. The topological polar surface area (TPSA) is 49.2 Å². The molecular weight excluding hydrogens is 415 g/mol. The Morgan fingerprint density at radius 1 is 1.17 bits per heavy atom. The Kier molecular flexibility index (Phi) is 6.51. The van der Waals surface area contributed by atoms with Crippen LogP contribution in [0, 0.1) is 6.92 Å². The number of nitrogens with zero attached hydrogens (tertiary/aromatic N) is 3. The SMILES string of the molecule is CCOC(=S)/C=C/c1ccc(-c2ncn(-c3ccc(OC(F)(F)F)cc3)n2)cc1C. The van der Waals surface area contributed by atoms with E-state index in [1.54, 1.807) is 6.08 Å². The maximum atomic E-state index is 12.3. The highest BCUT2D eigenvalue weighted by molar-refractivity contribution is 7.80. The Labute approximate surface area is 176 Å². The van der Waals surface area contributed by atoms with Crippen molar-refractivity contribution in [3.63, 3.8) is 0 Å². The molecule has 0 aliphatic rings. The highest BCUT2D eigenvalue weighted by Crippen LogP contribution is 2.24. The average Bonchev–Trinajstić information content (AvgIpc) is 3.17. The first-order chi connectivity index (χ1) is 14.2. The van der Waals surface area contributed by atoms with Crippen LogP contribution < -0.4 is 4.74 Å². The monoisotopic (exact) mass is 433 g/mol. The van der Waals surface area contributed by atoms with Crippen molar-refractivity contribution in [2.45, 2.75) is 20.2 Å². The molecule has 3 rings (SSSR count). The van der Waals surface area contributed by atoms with E-state index in [-0.39, 0.29) is 5.75 Å². The lowest BCUT2D eigenvalue weighted by atomic mass is 10.0. The molecule has 0 fully saturated rings. The van der Waals surface area contributed by atoms with Crippen molar-refractivity contribution in [1.82, 2.24) is 14.8 Å². The number of alkyl halides is 3. The third-order valence-corrected chi connectivity index (χ3v) is 4.29. The van der Waals surface area contributed by atoms with Gasteiger partial charge in [0.05, 0.1) is 12.3 Å². The van der Waals surface area contributed by atoms with Crippen LogP contribution in [-0.4, -0.2) is 32.8 Å². The molecule has 0 saturated carbocycles. The molecule has 0 aliphatic heterocycles. The van der Waals surface area contributed by atoms with E-state index >= 15 is 0 Å². The number of halogens is 3. The summed E-state index contributed by atoms with van der Waals surface area (Å²) in [6.07, 6.45) is 0.390. The van der Waals surface area contributed by atoms with E-state index in [2.05, 4.69) is 14.8 Å². The van der Waals surface area contributed by atoms with Crippen LogP contribution in [0.3, 0.4) is 0 Å². The van der Waals surface area contributed by atoms with Gasteiger partial charge in [0.2, 0.25) is 0 Å². The van der Waals surface area contributed by atoms with Gasteiger partial charge in [-0.25, -0.2) is 9.67 Å². The molecule has 0 aliphatic carbocycles. The van der Waals surface area contributed by atoms with Crippen LogP contribution in [0.1, 0.15) is 18.1 Å². The minimum atomic E-state index is -4.73. The van der Waals surface area contributed by atoms with Gasteiger partial charge in [-0.1, -0.05) is 18.2 Å². The van der Waals surface area contributed by atoms with Crippen molar-refractivity contribution in [2.75, 3.05) is 6.61 Å². The predicted octanol–water partition coefficient (Wildman–Crippen LogP) is 5.52. The fourth-order valence-corrected chi connectivity index (χ4v) is 2.86. The van der Waals surface area contributed by atoms with Gasteiger partial charge in [0, 0.05) is 5.56 Å². The minimum absolute atomic E-state index is 0.297. The Hall–Kier alpha value is -3.20. The quantitative estimate of drug-likeness (QED) is 0.379. The second-order valence-electron chi connectivity index (χ2n) is 6.21. The first-order valence-electron chi connectivity index (χ1n) is 8.99. The molecule has 0 bridgehead atoms. The summed E-state index contributed by atoms with van der Waals surface area (Å²) in [5, 5.41) is 4.83. The number of thiocarbonyl (C=S) groups is 1. The third kappa shape index (κ3) is 5.66. The maximum Gasteiger partial charge on any atom is 0.573 e. The molecule has 3 aromatic rings. The third-order valence-electron chi connectivity index (χ3n) is 4.04. The average molecular weight is 433 g/mol. The summed E-state index contributed by atoms with van der Waals surface area (Å²) in [5.41, 5.74) is 3.37. The normalized spacial score (nSPS) is 11.6. The summed E-state index contributed by atoms with van der Waals surface area (Å²) in [5.74, 6) is 0.198. The molecule has 9 heteroatoms. The summed E-state index contributed by atoms with van der Waals surface area (Å²) >= 11 is 5.09. The molecule has 30 heavy (non-hydrogen) atoms. The molecule has 0 atom stereocenters. The zero-order valence-corrected chi connectivity index (χ0v) is 17.0. The number of aryl methyl sites for hydroxylation is 1. The van der Waals surface area contributed by atoms with Crippen molar-refractivity contribution < 1.29 is 22.6 Å². The van der Waals surface area contributed by atoms with Gasteiger partial charge in [0.1, 0.15) is 12.1 Å². The van der Waals surface area contributed by atoms with Gasteiger partial charge >= 0.3 is 6.36 Å². The van der Waals surface area contributed by atoms with Gasteiger partial charge in [-0.15, -0.1) is 18.3 Å². The maximum absolute atomic E-state index is 12.3. The summed E-state index contributed by atoms with van der Waals surface area (Å²) in [6, 6.07) is 11.2. The van der Waals surface area contributed by atoms with Crippen LogP contribution in [0.15, 0.2) is 54.9 Å². The lowest BCUT2D eigenvalue weighted by Gasteiger charge is -2.09. The van der Waals surface area contributed by atoms with E-state index in [0.717, 1.165) is 16.7 Å². The van der Waals surface area contributed by atoms with E-state index in [1.165, 1.54) is 35.3 Å². The number of ether oxygens (including phenoxy) is 2. The van der Waals surface area contributed by atoms with Crippen molar-refractivity contribution >= 4 is 23.3 Å². The molecule has 156 valence electrons. The Balaban J connectivity index is 1.76. The van der Waals surface area contributed by atoms with Gasteiger partial charge in [0.25, 0.3) is 0 Å². The zero-order chi connectivity index (χ0) is 21.7. The zero-order valence-electron chi connectivity index (χ0n) is 16.2. The van der Waals surface area contributed by atoms with E-state index in [0.29, 0.717) is 23.2 Å². The van der Waals surface area contributed by atoms with Crippen molar-refractivity contribution in [1.29, 1.82) is 0 Å². The first-order valence-corrected chi connectivity index (χ1v) is 9.39. The van der Waals surface area contributed by atoms with Crippen molar-refractivity contribution in [2.24, 2.45) is 0 Å². The first kappa shape index (κ1) is 21.5. The van der Waals surface area contributed by atoms with Crippen LogP contribution in [-0.2, 0) is 4.74 Å². The summed E-state index contributed by atoms with van der Waals surface area (Å²) in [4.78, 5) is 4.30. The molecule has 0 amide bonds. The van der Waals surface area contributed by atoms with Gasteiger partial charge in [0.15, 0.2) is 10.9 Å². The molecule has 0 N–H and O–H groups in total. The molecule has 1 aromatic heterocycles. The predicted molar refractivity (Wildman–Crippen MR) is 111 cm³/mol. The van der Waals surface area contributed by atoms with E-state index < -0.39 is 6.36 Å². The molecule has 0 radical (unpaired) electrons. The largest absolute Gasteiger partial charge is 0.573 e. The lowest BCUT2D eigenvalue weighted by molar-refractivity contribution is -0.274. The summed E-state index contributed by atoms with van der Waals surface area (Å²) < 4.78 is 47.4. The molecule has 0 saturated heterocycles. The van der Waals surface area contributed by atoms with Gasteiger partial charge in [-0.05, 0) is 73.6 Å². The van der Waals surface area contributed by atoms with Crippen LogP contribution in [0.4, 0.5) is 13.2 Å². The fourth-order valence-electron chi connectivity index (χ4n) is 2.67. The van der Waals surface area contributed by atoms with Crippen LogP contribution in [0.25, 0.3) is 23.2 Å². The highest BCUT2D eigenvalue weighted by atomic mass is 32.1. The Morgan fingerprint density at radius 2 is 1.90 bits per heavy atom. The smallest absolute Gasteiger partial charge is 0.484 e. The standard InChI is InChI=1S/C21H18F3N3O2S/c1-3-28-19(30)11-6-15-4-5-16(12-14(15)2)20-25-13-27(26-20)17-7-9-18(10-8-17)29-21(22,23)24/h4-13H,3H2,1-2H3/b11-6+. The fraction of sp³-hybridized carbons (Fsp3) is 0.190. The van der Waals surface area contributed by atoms with Gasteiger partial charge in [-0.2, -0.15) is 0 Å². The van der Waals surface area contributed by atoms with E-state index in [4.69, 9.17) is 17.0 Å². The number of rotatable bonds is 6. The van der Waals surface area contributed by atoms with E-state index in [1.807, 2.05) is 38.1 Å². The Morgan fingerprint density at radius 3 is 2.53 bits per heavy atom. The van der Waals surface area contributed by atoms with Crippen LogP contribution in [0.2, 0.25) is 0 Å². The molecule has 2 aromatic carbocycles. The van der Waals surface area contributed by atoms with Crippen molar-refractivity contribution in [3.05, 3.63) is 66.0 Å². The molecule has 0 unspecified atom stereocenters. The second kappa shape index (κ2) is 9.08. The minimum Gasteiger partial charge on any atom is -0.484 e. The molecular formula is C21H18F3N3O2S. The lowest BCUT2D eigenvalue weighted by Crippen LogP contribution is -2.17. The molecule has 1 heterocycles. The summed E-state index contributed by atoms with van der Waals surface area (Å²) in [6.45, 7) is 4.35. The number of hydrogen-bond acceptors (Lipinski definition) is 5. The van der Waals surface area contributed by atoms with E-state index in [9.17, 15) is 13.2 Å². The van der Waals surface area contributed by atoms with Crippen LogP contribution >= 0.6 is 12.2 Å². The second-order valence-corrected chi connectivity index (χ2v) is 6.61. The summed E-state index contributed by atoms with van der Waals surface area (Å²) in [7, 11) is 0. The van der Waals surface area contributed by atoms with Gasteiger partial charge in [-0.3, -0.25) is 0 Å². The van der Waals surface area contributed by atoms with Crippen molar-refractivity contribution in [3.8, 4) is 22.8 Å². The number of aromatic nitrogens is 3. The Bertz CT molecular complexity index is 1060. The molecule has 5 nitrogen and oxygen atoms in total. The number of benzene rings is 2.